The van der Waals surface area contributed by atoms with E-state index in [1.54, 1.807) is 38.1 Å². The lowest BCUT2D eigenvalue weighted by Gasteiger charge is -2.12. The van der Waals surface area contributed by atoms with Crippen LogP contribution in [-0.4, -0.2) is 29.4 Å². The highest BCUT2D eigenvalue weighted by Gasteiger charge is 2.26. The van der Waals surface area contributed by atoms with E-state index in [2.05, 4.69) is 4.99 Å². The highest BCUT2D eigenvalue weighted by atomic mass is 127. The number of cyclic esters (lactones) is 1. The number of aliphatic imine (C=N–C) groups is 1. The van der Waals surface area contributed by atoms with Gasteiger partial charge in [0.15, 0.2) is 17.2 Å². The first-order valence-corrected chi connectivity index (χ1v) is 10.2. The summed E-state index contributed by atoms with van der Waals surface area (Å²) in [4.78, 5) is 38.6. The molecule has 3 rings (SSSR count). The number of hydrogen-bond donors (Lipinski definition) is 0. The standard InChI is InChI=1S/C21H17IN2O7/c1-4-29-18-9-13(7-15(22)19(18)30-12(3)25)8-16-21(26)31-20(23-16)14-6-5-11(2)17(10-14)24(27)28/h5-10H,4H2,1-3H3/b16-8-. The predicted octanol–water partition coefficient (Wildman–Crippen LogP) is 4.18. The SMILES string of the molecule is CCOc1cc(/C=C2\N=C(c3ccc(C)c([N+](=O)[O-])c3)OC2=O)cc(I)c1OC(C)=O. The minimum absolute atomic E-state index is 0.0180. The Hall–Kier alpha value is -3.28. The van der Waals surface area contributed by atoms with Crippen molar-refractivity contribution < 1.29 is 28.7 Å². The van der Waals surface area contributed by atoms with Crippen molar-refractivity contribution in [1.82, 2.24) is 0 Å². The number of ether oxygens (including phenoxy) is 3. The maximum absolute atomic E-state index is 12.3. The molecule has 1 aliphatic heterocycles. The second kappa shape index (κ2) is 9.25. The van der Waals surface area contributed by atoms with Gasteiger partial charge in [0.2, 0.25) is 5.90 Å². The van der Waals surface area contributed by atoms with E-state index in [0.29, 0.717) is 38.4 Å². The van der Waals surface area contributed by atoms with Crippen LogP contribution in [0, 0.1) is 20.6 Å². The van der Waals surface area contributed by atoms with Crippen LogP contribution in [0.15, 0.2) is 41.0 Å². The molecule has 2 aromatic rings. The number of nitrogens with zero attached hydrogens (tertiary/aromatic N) is 2. The zero-order chi connectivity index (χ0) is 22.7. The second-order valence-electron chi connectivity index (χ2n) is 6.45. The quantitative estimate of drug-likeness (QED) is 0.136. The fourth-order valence-electron chi connectivity index (χ4n) is 2.81. The van der Waals surface area contributed by atoms with Gasteiger partial charge in [-0.05, 0) is 66.3 Å². The number of benzene rings is 2. The molecule has 0 fully saturated rings. The van der Waals surface area contributed by atoms with E-state index in [4.69, 9.17) is 14.2 Å². The molecule has 0 bridgehead atoms. The molecule has 0 saturated carbocycles. The Labute approximate surface area is 191 Å². The molecule has 0 atom stereocenters. The Balaban J connectivity index is 1.99. The third-order valence-electron chi connectivity index (χ3n) is 4.15. The number of aryl methyl sites for hydroxylation is 1. The fraction of sp³-hybridized carbons (Fsp3) is 0.190. The minimum atomic E-state index is -0.685. The van der Waals surface area contributed by atoms with Gasteiger partial charge >= 0.3 is 11.9 Å². The summed E-state index contributed by atoms with van der Waals surface area (Å²) in [7, 11) is 0. The Morgan fingerprint density at radius 2 is 2.06 bits per heavy atom. The zero-order valence-electron chi connectivity index (χ0n) is 16.8. The number of nitro benzene ring substituents is 1. The molecule has 0 aromatic heterocycles. The van der Waals surface area contributed by atoms with E-state index in [9.17, 15) is 19.7 Å². The van der Waals surface area contributed by atoms with Gasteiger partial charge in [0.05, 0.1) is 15.1 Å². The molecule has 1 heterocycles. The lowest BCUT2D eigenvalue weighted by molar-refractivity contribution is -0.385. The second-order valence-corrected chi connectivity index (χ2v) is 7.61. The molecule has 0 radical (unpaired) electrons. The van der Waals surface area contributed by atoms with E-state index in [1.807, 2.05) is 22.6 Å². The maximum atomic E-state index is 12.3. The predicted molar refractivity (Wildman–Crippen MR) is 120 cm³/mol. The van der Waals surface area contributed by atoms with Crippen LogP contribution < -0.4 is 9.47 Å². The molecule has 2 aromatic carbocycles. The van der Waals surface area contributed by atoms with Crippen molar-refractivity contribution in [3.8, 4) is 11.5 Å². The van der Waals surface area contributed by atoms with Gasteiger partial charge in [-0.1, -0.05) is 6.07 Å². The van der Waals surface area contributed by atoms with Crippen molar-refractivity contribution in [2.45, 2.75) is 20.8 Å². The summed E-state index contributed by atoms with van der Waals surface area (Å²) < 4.78 is 16.6. The highest BCUT2D eigenvalue weighted by Crippen LogP contribution is 2.35. The van der Waals surface area contributed by atoms with Crippen LogP contribution in [0.1, 0.15) is 30.5 Å². The highest BCUT2D eigenvalue weighted by molar-refractivity contribution is 14.1. The monoisotopic (exact) mass is 536 g/mol. The Morgan fingerprint density at radius 3 is 2.71 bits per heavy atom. The summed E-state index contributed by atoms with van der Waals surface area (Å²) in [6.07, 6.45) is 1.50. The fourth-order valence-corrected chi connectivity index (χ4v) is 3.54. The molecule has 31 heavy (non-hydrogen) atoms. The molecule has 10 heteroatoms. The van der Waals surface area contributed by atoms with E-state index in [1.165, 1.54) is 19.1 Å². The van der Waals surface area contributed by atoms with Gasteiger partial charge in [-0.15, -0.1) is 0 Å². The third kappa shape index (κ3) is 5.08. The Morgan fingerprint density at radius 1 is 1.32 bits per heavy atom. The van der Waals surface area contributed by atoms with Gasteiger partial charge in [-0.3, -0.25) is 14.9 Å². The van der Waals surface area contributed by atoms with E-state index in [-0.39, 0.29) is 17.3 Å². The van der Waals surface area contributed by atoms with E-state index < -0.39 is 16.9 Å². The van der Waals surface area contributed by atoms with Crippen LogP contribution in [0.25, 0.3) is 6.08 Å². The van der Waals surface area contributed by atoms with E-state index in [0.717, 1.165) is 0 Å². The number of carbonyl (C=O) groups excluding carboxylic acids is 2. The first-order chi connectivity index (χ1) is 14.7. The lowest BCUT2D eigenvalue weighted by atomic mass is 10.1. The lowest BCUT2D eigenvalue weighted by Crippen LogP contribution is -2.06. The molecular formula is C21H17IN2O7. The number of carbonyl (C=O) groups is 2. The molecule has 0 spiro atoms. The smallest absolute Gasteiger partial charge is 0.363 e. The minimum Gasteiger partial charge on any atom is -0.490 e. The molecule has 0 amide bonds. The number of hydrogen-bond acceptors (Lipinski definition) is 8. The van der Waals surface area contributed by atoms with Crippen LogP contribution >= 0.6 is 22.6 Å². The first kappa shape index (κ1) is 22.4. The summed E-state index contributed by atoms with van der Waals surface area (Å²) in [5.41, 5.74) is 1.32. The van der Waals surface area contributed by atoms with Crippen molar-refractivity contribution in [3.63, 3.8) is 0 Å². The topological polar surface area (TPSA) is 117 Å². The van der Waals surface area contributed by atoms with Gasteiger partial charge in [0, 0.05) is 24.1 Å². The molecular weight excluding hydrogens is 519 g/mol. The Kier molecular flexibility index (Phi) is 6.68. The summed E-state index contributed by atoms with van der Waals surface area (Å²) in [5.74, 6) is -0.542. The molecule has 0 N–H and O–H groups in total. The number of nitro groups is 1. The number of rotatable bonds is 6. The van der Waals surface area contributed by atoms with Gasteiger partial charge in [-0.2, -0.15) is 0 Å². The van der Waals surface area contributed by atoms with Crippen LogP contribution in [0.2, 0.25) is 0 Å². The molecule has 1 aliphatic rings. The summed E-state index contributed by atoms with van der Waals surface area (Å²) in [6.45, 7) is 5.05. The summed E-state index contributed by atoms with van der Waals surface area (Å²) in [6, 6.07) is 7.80. The van der Waals surface area contributed by atoms with Crippen molar-refractivity contribution in [3.05, 3.63) is 66.4 Å². The van der Waals surface area contributed by atoms with Crippen molar-refractivity contribution in [2.24, 2.45) is 4.99 Å². The van der Waals surface area contributed by atoms with Crippen molar-refractivity contribution in [1.29, 1.82) is 0 Å². The zero-order valence-corrected chi connectivity index (χ0v) is 19.0. The van der Waals surface area contributed by atoms with Crippen molar-refractivity contribution in [2.75, 3.05) is 6.61 Å². The number of esters is 2. The Bertz CT molecular complexity index is 1150. The molecule has 0 aliphatic carbocycles. The van der Waals surface area contributed by atoms with Gasteiger partial charge < -0.3 is 14.2 Å². The van der Waals surface area contributed by atoms with Crippen LogP contribution in [0.4, 0.5) is 5.69 Å². The van der Waals surface area contributed by atoms with Gasteiger partial charge in [0.1, 0.15) is 0 Å². The summed E-state index contributed by atoms with van der Waals surface area (Å²) >= 11 is 2.00. The van der Waals surface area contributed by atoms with Gasteiger partial charge in [0.25, 0.3) is 5.69 Å². The third-order valence-corrected chi connectivity index (χ3v) is 4.96. The average molecular weight is 536 g/mol. The largest absolute Gasteiger partial charge is 0.490 e. The van der Waals surface area contributed by atoms with Crippen LogP contribution in [0.3, 0.4) is 0 Å². The van der Waals surface area contributed by atoms with Crippen LogP contribution in [-0.2, 0) is 14.3 Å². The molecule has 9 nitrogen and oxygen atoms in total. The van der Waals surface area contributed by atoms with Gasteiger partial charge in [-0.25, -0.2) is 9.79 Å². The normalized spacial score (nSPS) is 14.3. The van der Waals surface area contributed by atoms with Crippen LogP contribution in [0.5, 0.6) is 11.5 Å². The summed E-state index contributed by atoms with van der Waals surface area (Å²) in [5, 5.41) is 11.2. The first-order valence-electron chi connectivity index (χ1n) is 9.12. The molecule has 0 saturated heterocycles. The van der Waals surface area contributed by atoms with E-state index >= 15 is 0 Å². The van der Waals surface area contributed by atoms with Crippen molar-refractivity contribution >= 4 is 52.2 Å². The number of halogens is 1. The molecule has 160 valence electrons. The average Bonchev–Trinajstić information content (AvgIpc) is 3.05. The maximum Gasteiger partial charge on any atom is 0.363 e. The molecule has 0 unspecified atom stereocenters.